The molecule has 70 heavy (non-hydrogen) atoms. The van der Waals surface area contributed by atoms with Crippen LogP contribution in [0.25, 0.3) is 16.6 Å². The summed E-state index contributed by atoms with van der Waals surface area (Å²) in [6.45, 7) is 1.69. The van der Waals surface area contributed by atoms with Crippen molar-refractivity contribution in [1.29, 1.82) is 0 Å². The summed E-state index contributed by atoms with van der Waals surface area (Å²) in [7, 11) is 0. The lowest BCUT2D eigenvalue weighted by atomic mass is 9.57. The molecule has 7 N–H and O–H groups in total. The number of aromatic hydroxyl groups is 3. The normalized spacial score (nSPS) is 25.5. The smallest absolute Gasteiger partial charge is 0.161 e. The summed E-state index contributed by atoms with van der Waals surface area (Å²) in [5.41, 5.74) is 16.7. The largest absolute Gasteiger partial charge is 0.508 e. The predicted molar refractivity (Wildman–Crippen MR) is 274 cm³/mol. The molecule has 0 amide bonds. The van der Waals surface area contributed by atoms with Crippen LogP contribution in [0, 0.1) is 11.8 Å². The van der Waals surface area contributed by atoms with Crippen LogP contribution in [0.15, 0.2) is 127 Å². The van der Waals surface area contributed by atoms with E-state index in [9.17, 15) is 20.4 Å². The van der Waals surface area contributed by atoms with Crippen molar-refractivity contribution in [2.45, 2.75) is 126 Å². The number of aromatic nitrogens is 1. The number of benzene rings is 5. The summed E-state index contributed by atoms with van der Waals surface area (Å²) < 4.78 is 22.2. The van der Waals surface area contributed by atoms with Gasteiger partial charge in [-0.2, -0.15) is 0 Å². The van der Waals surface area contributed by atoms with E-state index in [1.807, 2.05) is 36.4 Å². The number of fused-ring (bicyclic) bond motifs is 10. The van der Waals surface area contributed by atoms with Gasteiger partial charge in [0.2, 0.25) is 0 Å². The minimum atomic E-state index is -0.574. The number of ether oxygens (including phenoxy) is 3. The van der Waals surface area contributed by atoms with Crippen LogP contribution in [0.4, 0.5) is 0 Å². The molecule has 10 heteroatoms. The van der Waals surface area contributed by atoms with Gasteiger partial charge >= 0.3 is 0 Å². The molecule has 7 atom stereocenters. The highest BCUT2D eigenvalue weighted by Crippen LogP contribution is 2.52. The number of unbranched alkanes of at least 4 members (excludes halogenated alkanes) is 2. The maximum atomic E-state index is 11.7. The molecule has 0 saturated carbocycles. The Hall–Kier alpha value is -6.04. The van der Waals surface area contributed by atoms with Crippen LogP contribution in [0.5, 0.6) is 23.0 Å². The first-order chi connectivity index (χ1) is 34.2. The summed E-state index contributed by atoms with van der Waals surface area (Å²) in [6, 6.07) is 32.4. The quantitative estimate of drug-likeness (QED) is 0.0779. The average molecular weight is 942 g/mol. The minimum Gasteiger partial charge on any atom is -0.508 e. The van der Waals surface area contributed by atoms with E-state index >= 15 is 0 Å². The van der Waals surface area contributed by atoms with E-state index in [1.165, 1.54) is 22.3 Å². The highest BCUT2D eigenvalue weighted by atomic mass is 16.5. The Labute approximate surface area is 411 Å². The van der Waals surface area contributed by atoms with Gasteiger partial charge in [0, 0.05) is 47.2 Å². The Morgan fingerprint density at radius 2 is 1.70 bits per heavy atom. The average Bonchev–Trinajstić information content (AvgIpc) is 3.81. The number of hydrogen-bond donors (Lipinski definition) is 6. The van der Waals surface area contributed by atoms with E-state index in [4.69, 9.17) is 19.9 Å². The van der Waals surface area contributed by atoms with E-state index in [1.54, 1.807) is 24.3 Å². The number of nitrogens with one attached hydrogen (secondary N) is 1. The van der Waals surface area contributed by atoms with Crippen molar-refractivity contribution in [2.24, 2.45) is 17.6 Å². The van der Waals surface area contributed by atoms with Crippen LogP contribution in [0.3, 0.4) is 0 Å². The zero-order valence-electron chi connectivity index (χ0n) is 40.1. The third-order valence-corrected chi connectivity index (χ3v) is 16.3. The molecule has 1 aliphatic carbocycles. The van der Waals surface area contributed by atoms with Gasteiger partial charge < -0.3 is 50.3 Å². The number of phenols is 3. The number of aryl methyl sites for hydroxylation is 3. The SMILES string of the molecule is NC1C=CC2=C(N1)n1cc3cc([C@@]45CCOC[C@H]4CCc4ccccc45)cc(c3c1)COc1cc(ccc1O)CC[C@@H](O)C[C@H]1O[C@@H]2CC[C@@H]1CCCCCc1ccc(O)c(Cc2cccc(O)c2)c1. The van der Waals surface area contributed by atoms with Gasteiger partial charge in [-0.1, -0.05) is 79.6 Å². The second-order valence-corrected chi connectivity index (χ2v) is 20.8. The second kappa shape index (κ2) is 20.0. The minimum absolute atomic E-state index is 0.0946. The summed E-state index contributed by atoms with van der Waals surface area (Å²) in [6.07, 6.45) is 19.5. The van der Waals surface area contributed by atoms with Crippen molar-refractivity contribution >= 4 is 16.6 Å². The lowest BCUT2D eigenvalue weighted by Gasteiger charge is -2.49. The Morgan fingerprint density at radius 3 is 2.61 bits per heavy atom. The molecular formula is C60H67N3O7. The van der Waals surface area contributed by atoms with Crippen molar-refractivity contribution in [3.8, 4) is 23.0 Å². The van der Waals surface area contributed by atoms with Crippen LogP contribution in [-0.2, 0) is 47.2 Å². The number of aliphatic hydroxyl groups is 1. The topological polar surface area (TPSA) is 152 Å². The van der Waals surface area contributed by atoms with Crippen LogP contribution in [-0.4, -0.2) is 62.7 Å². The molecule has 2 saturated heterocycles. The molecule has 364 valence electrons. The number of nitrogens with two attached hydrogens (primary N) is 1. The zero-order valence-corrected chi connectivity index (χ0v) is 40.1. The van der Waals surface area contributed by atoms with E-state index in [0.29, 0.717) is 49.9 Å². The van der Waals surface area contributed by atoms with Gasteiger partial charge in [-0.05, 0) is 169 Å². The van der Waals surface area contributed by atoms with Gasteiger partial charge in [-0.25, -0.2) is 0 Å². The van der Waals surface area contributed by atoms with E-state index in [0.717, 1.165) is 115 Å². The molecule has 0 spiro atoms. The lowest BCUT2D eigenvalue weighted by Crippen LogP contribution is -2.47. The number of aliphatic hydroxyl groups excluding tert-OH is 1. The van der Waals surface area contributed by atoms with Crippen molar-refractivity contribution in [2.75, 3.05) is 13.2 Å². The fourth-order valence-corrected chi connectivity index (χ4v) is 12.6. The van der Waals surface area contributed by atoms with Crippen LogP contribution in [0.2, 0.25) is 0 Å². The highest BCUT2D eigenvalue weighted by Gasteiger charge is 2.48. The van der Waals surface area contributed by atoms with E-state index < -0.39 is 6.10 Å². The molecule has 11 rings (SSSR count). The third-order valence-electron chi connectivity index (χ3n) is 16.3. The number of nitrogens with zero attached hydrogens (tertiary/aromatic N) is 1. The van der Waals surface area contributed by atoms with E-state index in [-0.39, 0.29) is 47.6 Å². The third kappa shape index (κ3) is 9.47. The molecule has 2 fully saturated rings. The first-order valence-electron chi connectivity index (χ1n) is 25.8. The predicted octanol–water partition coefficient (Wildman–Crippen LogP) is 10.5. The Kier molecular flexibility index (Phi) is 13.2. The van der Waals surface area contributed by atoms with Crippen molar-refractivity contribution in [1.82, 2.24) is 9.88 Å². The number of hydrogen-bond acceptors (Lipinski definition) is 9. The highest BCUT2D eigenvalue weighted by molar-refractivity contribution is 5.88. The fraction of sp³-hybridized carbons (Fsp3) is 0.400. The summed E-state index contributed by atoms with van der Waals surface area (Å²) >= 11 is 0. The molecule has 4 aliphatic heterocycles. The zero-order chi connectivity index (χ0) is 47.8. The monoisotopic (exact) mass is 941 g/mol. The summed E-state index contributed by atoms with van der Waals surface area (Å²) in [4.78, 5) is 0. The first-order valence-corrected chi connectivity index (χ1v) is 25.8. The number of rotatable bonds is 9. The maximum Gasteiger partial charge on any atom is 0.161 e. The van der Waals surface area contributed by atoms with Gasteiger partial charge in [0.25, 0.3) is 0 Å². The Morgan fingerprint density at radius 1 is 0.800 bits per heavy atom. The van der Waals surface area contributed by atoms with E-state index in [2.05, 4.69) is 70.8 Å². The molecule has 5 aliphatic rings. The molecule has 6 aromatic rings. The Bertz CT molecular complexity index is 2920. The van der Waals surface area contributed by atoms with Crippen LogP contribution >= 0.6 is 0 Å². The van der Waals surface area contributed by atoms with Crippen LogP contribution in [0.1, 0.15) is 109 Å². The second-order valence-electron chi connectivity index (χ2n) is 20.8. The van der Waals surface area contributed by atoms with Gasteiger partial charge in [-0.15, -0.1) is 0 Å². The standard InChI is InChI=1S/C60H67N3O7/c61-58-24-20-50-55-23-17-42(10-3-1-2-7-38-14-21-53(66)43(27-38)28-40-8-6-11-48(64)29-40)56(70-55)33-49(65)19-13-39-15-22-54(67)57(30-39)69-36-45-32-47(31-44-34-63(35-51(44)45)59(50)62-58)60-25-26-68-37-46(60)18-16-41-9-4-5-12-52(41)60/h4-6,8-9,11-12,14-15,20-22,24,27,29-32,34-35,42,46,49,55-56,58,62,64-67H,1-3,7,10,13,16-19,23,25-26,28,33,36-37,61H2/t42-,46+,49+,55+,56+,58?,60+/m0/s1. The first kappa shape index (κ1) is 46.3. The lowest BCUT2D eigenvalue weighted by molar-refractivity contribution is -0.0874. The van der Waals surface area contributed by atoms with Crippen LogP contribution < -0.4 is 15.8 Å². The molecule has 5 heterocycles. The number of dihydropyridines is 1. The number of phenolic OH excluding ortho intramolecular Hbond substituents is 3. The summed E-state index contributed by atoms with van der Waals surface area (Å²) in [5, 5.41) is 49.3. The molecule has 6 bridgehead atoms. The molecule has 10 nitrogen and oxygen atoms in total. The van der Waals surface area contributed by atoms with Crippen molar-refractivity contribution in [3.63, 3.8) is 0 Å². The summed E-state index contributed by atoms with van der Waals surface area (Å²) in [5.74, 6) is 2.57. The van der Waals surface area contributed by atoms with Gasteiger partial charge in [0.15, 0.2) is 11.5 Å². The van der Waals surface area contributed by atoms with Gasteiger partial charge in [0.1, 0.15) is 23.9 Å². The van der Waals surface area contributed by atoms with Gasteiger partial charge in [-0.3, -0.25) is 0 Å². The molecule has 0 radical (unpaired) electrons. The van der Waals surface area contributed by atoms with Crippen molar-refractivity contribution < 1.29 is 34.6 Å². The molecular weight excluding hydrogens is 875 g/mol. The molecule has 1 aromatic heterocycles. The van der Waals surface area contributed by atoms with Gasteiger partial charge in [0.05, 0.1) is 31.1 Å². The molecule has 1 unspecified atom stereocenters. The Balaban J connectivity index is 0.886. The van der Waals surface area contributed by atoms with Crippen molar-refractivity contribution in [3.05, 3.63) is 172 Å². The molecule has 5 aromatic carbocycles. The fourth-order valence-electron chi connectivity index (χ4n) is 12.6. The maximum absolute atomic E-state index is 11.7.